The van der Waals surface area contributed by atoms with E-state index in [-0.39, 0.29) is 50.1 Å². The van der Waals surface area contributed by atoms with E-state index >= 15 is 0 Å². The number of Topliss-reactive ketones (excluding diaryl/α,β-unsaturated/α-hetero) is 1. The third-order valence-electron chi connectivity index (χ3n) is 5.19. The summed E-state index contributed by atoms with van der Waals surface area (Å²) in [6.07, 6.45) is 0.576. The van der Waals surface area contributed by atoms with E-state index in [1.165, 1.54) is 9.47 Å². The first-order valence-corrected chi connectivity index (χ1v) is 10.6. The van der Waals surface area contributed by atoms with Gasteiger partial charge in [0.1, 0.15) is 11.5 Å². The largest absolute Gasteiger partial charge is 0.395 e. The van der Waals surface area contributed by atoms with E-state index in [1.54, 1.807) is 24.3 Å². The number of rotatable bonds is 10. The lowest BCUT2D eigenvalue weighted by molar-refractivity contribution is 0.0998. The van der Waals surface area contributed by atoms with Crippen LogP contribution in [0.3, 0.4) is 0 Å². The molecule has 0 aliphatic carbocycles. The SMILES string of the molecule is CCCn1c(=O)c(N(CCO)CC(=O)c2ccccc2)c(N)n(Cc2ccccc2)c1=O. The zero-order chi connectivity index (χ0) is 23.1. The van der Waals surface area contributed by atoms with Crippen LogP contribution in [0, 0.1) is 0 Å². The number of ketones is 1. The normalized spacial score (nSPS) is 10.8. The summed E-state index contributed by atoms with van der Waals surface area (Å²) in [5.74, 6) is -0.244. The van der Waals surface area contributed by atoms with Gasteiger partial charge in [0, 0.05) is 18.7 Å². The summed E-state index contributed by atoms with van der Waals surface area (Å²) in [5, 5.41) is 9.62. The van der Waals surface area contributed by atoms with Crippen molar-refractivity contribution >= 4 is 17.3 Å². The van der Waals surface area contributed by atoms with Crippen molar-refractivity contribution < 1.29 is 9.90 Å². The van der Waals surface area contributed by atoms with Gasteiger partial charge in [0.15, 0.2) is 5.78 Å². The van der Waals surface area contributed by atoms with Crippen molar-refractivity contribution in [3.63, 3.8) is 0 Å². The summed E-state index contributed by atoms with van der Waals surface area (Å²) in [6.45, 7) is 1.86. The Balaban J connectivity index is 2.12. The Kier molecular flexibility index (Phi) is 7.62. The first-order chi connectivity index (χ1) is 15.5. The molecule has 0 amide bonds. The Hall–Kier alpha value is -3.65. The Morgan fingerprint density at radius 1 is 1.00 bits per heavy atom. The predicted octanol–water partition coefficient (Wildman–Crippen LogP) is 1.73. The number of nitrogens with zero attached hydrogens (tertiary/aromatic N) is 3. The monoisotopic (exact) mass is 436 g/mol. The van der Waals surface area contributed by atoms with Crippen molar-refractivity contribution in [3.8, 4) is 0 Å². The molecule has 8 heteroatoms. The molecule has 0 bridgehead atoms. The second-order valence-electron chi connectivity index (χ2n) is 7.48. The van der Waals surface area contributed by atoms with Gasteiger partial charge in [-0.3, -0.25) is 18.7 Å². The Bertz CT molecular complexity index is 1170. The summed E-state index contributed by atoms with van der Waals surface area (Å²) < 4.78 is 2.49. The molecule has 3 N–H and O–H groups in total. The van der Waals surface area contributed by atoms with Crippen LogP contribution in [-0.4, -0.2) is 39.7 Å². The Labute approximate surface area is 186 Å². The number of hydrogen-bond acceptors (Lipinski definition) is 6. The molecule has 1 aromatic heterocycles. The van der Waals surface area contributed by atoms with Crippen molar-refractivity contribution in [2.45, 2.75) is 26.4 Å². The van der Waals surface area contributed by atoms with Crippen molar-refractivity contribution in [3.05, 3.63) is 92.6 Å². The van der Waals surface area contributed by atoms with Crippen LogP contribution >= 0.6 is 0 Å². The van der Waals surface area contributed by atoms with E-state index in [0.29, 0.717) is 12.0 Å². The van der Waals surface area contributed by atoms with Crippen molar-refractivity contribution in [1.29, 1.82) is 0 Å². The summed E-state index contributed by atoms with van der Waals surface area (Å²) in [7, 11) is 0. The molecule has 3 aromatic rings. The molecule has 2 aromatic carbocycles. The molecule has 0 fully saturated rings. The van der Waals surface area contributed by atoms with Crippen LogP contribution in [0.4, 0.5) is 11.5 Å². The van der Waals surface area contributed by atoms with E-state index in [0.717, 1.165) is 10.1 Å². The molecule has 0 saturated heterocycles. The van der Waals surface area contributed by atoms with E-state index in [4.69, 9.17) is 5.73 Å². The fourth-order valence-electron chi connectivity index (χ4n) is 3.62. The van der Waals surface area contributed by atoms with Gasteiger partial charge < -0.3 is 15.7 Å². The summed E-state index contributed by atoms with van der Waals surface area (Å²) in [6, 6.07) is 18.0. The highest BCUT2D eigenvalue weighted by Gasteiger charge is 2.24. The highest BCUT2D eigenvalue weighted by molar-refractivity contribution is 5.99. The smallest absolute Gasteiger partial charge is 0.332 e. The fourth-order valence-corrected chi connectivity index (χ4v) is 3.62. The quantitative estimate of drug-likeness (QED) is 0.469. The molecule has 0 aliphatic heterocycles. The average Bonchev–Trinajstić information content (AvgIpc) is 2.81. The van der Waals surface area contributed by atoms with Gasteiger partial charge in [0.25, 0.3) is 5.56 Å². The Morgan fingerprint density at radius 2 is 1.62 bits per heavy atom. The summed E-state index contributed by atoms with van der Waals surface area (Å²) in [5.41, 5.74) is 6.68. The third-order valence-corrected chi connectivity index (χ3v) is 5.19. The van der Waals surface area contributed by atoms with E-state index < -0.39 is 11.2 Å². The zero-order valence-corrected chi connectivity index (χ0v) is 18.1. The van der Waals surface area contributed by atoms with Crippen molar-refractivity contribution in [2.75, 3.05) is 30.3 Å². The molecule has 0 unspecified atom stereocenters. The highest BCUT2D eigenvalue weighted by atomic mass is 16.3. The number of carbonyl (C=O) groups excluding carboxylic acids is 1. The van der Waals surface area contributed by atoms with Gasteiger partial charge >= 0.3 is 5.69 Å². The predicted molar refractivity (Wildman–Crippen MR) is 125 cm³/mol. The number of aliphatic hydroxyl groups is 1. The number of anilines is 2. The van der Waals surface area contributed by atoms with Crippen molar-refractivity contribution in [1.82, 2.24) is 9.13 Å². The molecule has 0 spiro atoms. The number of benzene rings is 2. The number of carbonyl (C=O) groups is 1. The minimum atomic E-state index is -0.562. The molecular weight excluding hydrogens is 408 g/mol. The second kappa shape index (κ2) is 10.6. The Morgan fingerprint density at radius 3 is 2.22 bits per heavy atom. The molecule has 0 aliphatic rings. The molecular formula is C24H28N4O4. The lowest BCUT2D eigenvalue weighted by Gasteiger charge is -2.26. The van der Waals surface area contributed by atoms with Gasteiger partial charge in [-0.25, -0.2) is 4.79 Å². The highest BCUT2D eigenvalue weighted by Crippen LogP contribution is 2.19. The first-order valence-electron chi connectivity index (χ1n) is 10.6. The number of hydrogen-bond donors (Lipinski definition) is 2. The summed E-state index contributed by atoms with van der Waals surface area (Å²) in [4.78, 5) is 40.7. The minimum Gasteiger partial charge on any atom is -0.395 e. The molecule has 168 valence electrons. The van der Waals surface area contributed by atoms with Crippen LogP contribution in [0.15, 0.2) is 70.3 Å². The van der Waals surface area contributed by atoms with Gasteiger partial charge in [-0.2, -0.15) is 0 Å². The average molecular weight is 437 g/mol. The minimum absolute atomic E-state index is 0.0215. The first kappa shape index (κ1) is 23.0. The second-order valence-corrected chi connectivity index (χ2v) is 7.48. The standard InChI is InChI=1S/C24H28N4O4/c1-2-13-27-23(31)21(22(25)28(24(27)32)16-18-9-5-3-6-10-18)26(14-15-29)17-20(30)19-11-7-4-8-12-19/h3-12,29H,2,13-17,25H2,1H3. The van der Waals surface area contributed by atoms with Gasteiger partial charge in [0.05, 0.1) is 19.7 Å². The molecule has 8 nitrogen and oxygen atoms in total. The van der Waals surface area contributed by atoms with Crippen LogP contribution in [0.5, 0.6) is 0 Å². The maximum atomic E-state index is 13.3. The van der Waals surface area contributed by atoms with Crippen LogP contribution in [-0.2, 0) is 13.1 Å². The van der Waals surface area contributed by atoms with E-state index in [2.05, 4.69) is 0 Å². The molecule has 0 radical (unpaired) electrons. The number of nitrogen functional groups attached to an aromatic ring is 1. The van der Waals surface area contributed by atoms with Crippen molar-refractivity contribution in [2.24, 2.45) is 0 Å². The van der Waals surface area contributed by atoms with Crippen LogP contribution in [0.25, 0.3) is 0 Å². The van der Waals surface area contributed by atoms with Gasteiger partial charge in [-0.15, -0.1) is 0 Å². The van der Waals surface area contributed by atoms with Crippen LogP contribution in [0.1, 0.15) is 29.3 Å². The molecule has 1 heterocycles. The number of aliphatic hydroxyl groups excluding tert-OH is 1. The molecule has 3 rings (SSSR count). The lowest BCUT2D eigenvalue weighted by atomic mass is 10.1. The fraction of sp³-hybridized carbons (Fsp3) is 0.292. The van der Waals surface area contributed by atoms with Gasteiger partial charge in [-0.1, -0.05) is 67.6 Å². The summed E-state index contributed by atoms with van der Waals surface area (Å²) >= 11 is 0. The molecule has 32 heavy (non-hydrogen) atoms. The van der Waals surface area contributed by atoms with Crippen LogP contribution < -0.4 is 21.9 Å². The zero-order valence-electron chi connectivity index (χ0n) is 18.1. The van der Waals surface area contributed by atoms with E-state index in [1.807, 2.05) is 43.3 Å². The van der Waals surface area contributed by atoms with Gasteiger partial charge in [0.2, 0.25) is 0 Å². The lowest BCUT2D eigenvalue weighted by Crippen LogP contribution is -2.46. The number of nitrogens with two attached hydrogens (primary N) is 1. The third kappa shape index (κ3) is 4.97. The molecule has 0 atom stereocenters. The van der Waals surface area contributed by atoms with E-state index in [9.17, 15) is 19.5 Å². The maximum absolute atomic E-state index is 13.3. The number of aromatic nitrogens is 2. The van der Waals surface area contributed by atoms with Gasteiger partial charge in [-0.05, 0) is 12.0 Å². The molecule has 0 saturated carbocycles. The maximum Gasteiger partial charge on any atom is 0.332 e. The van der Waals surface area contributed by atoms with Crippen LogP contribution in [0.2, 0.25) is 0 Å². The topological polar surface area (TPSA) is 111 Å².